The Hall–Kier alpha value is -2.11. The Balaban J connectivity index is 2.08. The van der Waals surface area contributed by atoms with Crippen LogP contribution in [0.25, 0.3) is 0 Å². The van der Waals surface area contributed by atoms with E-state index in [4.69, 9.17) is 14.2 Å². The zero-order valence-electron chi connectivity index (χ0n) is 19.7. The van der Waals surface area contributed by atoms with Crippen molar-refractivity contribution in [3.8, 4) is 0 Å². The van der Waals surface area contributed by atoms with Gasteiger partial charge in [-0.3, -0.25) is 9.59 Å². The summed E-state index contributed by atoms with van der Waals surface area (Å²) in [5.74, 6) is -1.89. The van der Waals surface area contributed by atoms with Crippen LogP contribution in [-0.2, 0) is 28.6 Å². The van der Waals surface area contributed by atoms with E-state index in [0.29, 0.717) is 18.3 Å². The fourth-order valence-corrected chi connectivity index (χ4v) is 6.63. The Labute approximate surface area is 185 Å². The minimum absolute atomic E-state index is 0.00797. The van der Waals surface area contributed by atoms with Gasteiger partial charge in [0.15, 0.2) is 5.76 Å². The van der Waals surface area contributed by atoms with Gasteiger partial charge in [0.05, 0.1) is 20.1 Å². The normalized spacial score (nSPS) is 40.1. The third-order valence-corrected chi connectivity index (χ3v) is 8.67. The fraction of sp³-hybridized carbons (Fsp3) is 0.720. The molecule has 0 unspecified atom stereocenters. The Bertz CT molecular complexity index is 828. The topological polar surface area (TPSA) is 78.9 Å². The average molecular weight is 433 g/mol. The summed E-state index contributed by atoms with van der Waals surface area (Å²) >= 11 is 0. The molecule has 2 saturated carbocycles. The first-order valence-electron chi connectivity index (χ1n) is 11.2. The first kappa shape index (κ1) is 23.6. The van der Waals surface area contributed by atoms with Crippen molar-refractivity contribution in [2.45, 2.75) is 71.8 Å². The molecule has 0 N–H and O–H groups in total. The molecule has 0 heterocycles. The summed E-state index contributed by atoms with van der Waals surface area (Å²) in [5, 5.41) is 0. The summed E-state index contributed by atoms with van der Waals surface area (Å²) in [7, 11) is 2.62. The molecule has 0 aromatic rings. The molecule has 3 aliphatic carbocycles. The molecule has 0 radical (unpaired) electrons. The van der Waals surface area contributed by atoms with Gasteiger partial charge in [0, 0.05) is 13.0 Å². The molecule has 172 valence electrons. The van der Waals surface area contributed by atoms with Gasteiger partial charge in [0.2, 0.25) is 11.4 Å². The second-order valence-electron chi connectivity index (χ2n) is 10.1. The number of rotatable bonds is 5. The highest BCUT2D eigenvalue weighted by Crippen LogP contribution is 2.64. The van der Waals surface area contributed by atoms with Crippen molar-refractivity contribution < 1.29 is 28.6 Å². The molecule has 2 fully saturated rings. The van der Waals surface area contributed by atoms with Gasteiger partial charge < -0.3 is 14.2 Å². The number of esters is 2. The number of carbonyl (C=O) groups is 3. The maximum atomic E-state index is 13.4. The van der Waals surface area contributed by atoms with Crippen molar-refractivity contribution in [2.75, 3.05) is 14.2 Å². The third-order valence-electron chi connectivity index (χ3n) is 8.67. The monoisotopic (exact) mass is 432 g/mol. The predicted molar refractivity (Wildman–Crippen MR) is 116 cm³/mol. The molecular formula is C25H36O6. The lowest BCUT2D eigenvalue weighted by molar-refractivity contribution is -0.182. The number of allylic oxidation sites excluding steroid dienone is 2. The molecule has 3 aliphatic rings. The molecule has 3 rings (SSSR count). The molecule has 0 spiro atoms. The van der Waals surface area contributed by atoms with Gasteiger partial charge >= 0.3 is 11.9 Å². The Morgan fingerprint density at radius 3 is 2.48 bits per heavy atom. The highest BCUT2D eigenvalue weighted by molar-refractivity contribution is 6.06. The Morgan fingerprint density at radius 2 is 1.90 bits per heavy atom. The van der Waals surface area contributed by atoms with Crippen LogP contribution in [0.4, 0.5) is 0 Å². The van der Waals surface area contributed by atoms with E-state index in [1.165, 1.54) is 32.8 Å². The third kappa shape index (κ3) is 3.52. The highest BCUT2D eigenvalue weighted by Gasteiger charge is 2.62. The van der Waals surface area contributed by atoms with Gasteiger partial charge in [-0.05, 0) is 61.2 Å². The second kappa shape index (κ2) is 8.10. The van der Waals surface area contributed by atoms with Crippen molar-refractivity contribution in [3.63, 3.8) is 0 Å². The lowest BCUT2D eigenvalue weighted by Crippen LogP contribution is -2.55. The first-order valence-corrected chi connectivity index (χ1v) is 11.2. The van der Waals surface area contributed by atoms with Crippen molar-refractivity contribution in [3.05, 3.63) is 24.0 Å². The molecule has 0 amide bonds. The molecule has 6 heteroatoms. The van der Waals surface area contributed by atoms with E-state index >= 15 is 0 Å². The SMILES string of the molecule is C=C1CCC[C@H]2[C@](C)(C[C@H]3C(=O)C(OC)=C[C@@]3(OC(C)=O)C(=O)OC)[C@@H](C)CC[C@]12C. The average Bonchev–Trinajstić information content (AvgIpc) is 2.98. The molecule has 0 aromatic carbocycles. The second-order valence-corrected chi connectivity index (χ2v) is 10.1. The lowest BCUT2D eigenvalue weighted by Gasteiger charge is -2.59. The molecule has 31 heavy (non-hydrogen) atoms. The van der Waals surface area contributed by atoms with Crippen molar-refractivity contribution >= 4 is 17.7 Å². The van der Waals surface area contributed by atoms with E-state index in [2.05, 4.69) is 27.4 Å². The number of hydrogen-bond donors (Lipinski definition) is 0. The van der Waals surface area contributed by atoms with Gasteiger partial charge in [-0.25, -0.2) is 4.79 Å². The van der Waals surface area contributed by atoms with Gasteiger partial charge in [-0.1, -0.05) is 32.9 Å². The number of hydrogen-bond acceptors (Lipinski definition) is 6. The van der Waals surface area contributed by atoms with E-state index in [1.807, 2.05) is 0 Å². The number of carbonyl (C=O) groups excluding carboxylic acids is 3. The van der Waals surface area contributed by atoms with Crippen molar-refractivity contribution in [2.24, 2.45) is 28.6 Å². The summed E-state index contributed by atoms with van der Waals surface area (Å²) in [5.41, 5.74) is -0.749. The molecule has 0 aromatic heterocycles. The summed E-state index contributed by atoms with van der Waals surface area (Å²) in [6.07, 6.45) is 7.02. The summed E-state index contributed by atoms with van der Waals surface area (Å²) in [6.45, 7) is 12.4. The zero-order valence-corrected chi connectivity index (χ0v) is 19.7. The maximum absolute atomic E-state index is 13.4. The van der Waals surface area contributed by atoms with Gasteiger partial charge in [-0.2, -0.15) is 0 Å². The fourth-order valence-electron chi connectivity index (χ4n) is 6.63. The van der Waals surface area contributed by atoms with Crippen LogP contribution in [0.15, 0.2) is 24.0 Å². The molecule has 0 saturated heterocycles. The van der Waals surface area contributed by atoms with Crippen molar-refractivity contribution in [1.29, 1.82) is 0 Å². The van der Waals surface area contributed by atoms with Crippen LogP contribution in [0.1, 0.15) is 66.2 Å². The van der Waals surface area contributed by atoms with Crippen molar-refractivity contribution in [1.82, 2.24) is 0 Å². The van der Waals surface area contributed by atoms with Crippen LogP contribution in [0.3, 0.4) is 0 Å². The standard InChI is InChI=1S/C25H36O6/c1-15-9-8-10-20-23(15,4)12-11-16(2)24(20,5)13-18-21(27)19(29-6)14-25(18,22(28)30-7)31-17(3)26/h14,16,18,20H,1,8-13H2,2-7H3/t16-,18-,20+,23+,24+,25-/m0/s1. The Kier molecular flexibility index (Phi) is 6.16. The minimum atomic E-state index is -1.80. The van der Waals surface area contributed by atoms with Crippen LogP contribution in [0, 0.1) is 28.6 Å². The van der Waals surface area contributed by atoms with E-state index in [-0.39, 0.29) is 22.4 Å². The number of ketones is 1. The van der Waals surface area contributed by atoms with E-state index in [0.717, 1.165) is 32.1 Å². The number of Topliss-reactive ketones (excluding diaryl/α,β-unsaturated/α-hetero) is 1. The molecule has 6 atom stereocenters. The largest absolute Gasteiger partial charge is 0.493 e. The smallest absolute Gasteiger partial charge is 0.355 e. The number of ether oxygens (including phenoxy) is 3. The summed E-state index contributed by atoms with van der Waals surface area (Å²) < 4.78 is 15.9. The maximum Gasteiger partial charge on any atom is 0.355 e. The summed E-state index contributed by atoms with van der Waals surface area (Å²) in [4.78, 5) is 38.3. The van der Waals surface area contributed by atoms with E-state index in [1.54, 1.807) is 0 Å². The molecule has 6 nitrogen and oxygen atoms in total. The van der Waals surface area contributed by atoms with E-state index in [9.17, 15) is 14.4 Å². The minimum Gasteiger partial charge on any atom is -0.493 e. The van der Waals surface area contributed by atoms with Crippen LogP contribution in [0.5, 0.6) is 0 Å². The quantitative estimate of drug-likeness (QED) is 0.474. The lowest BCUT2D eigenvalue weighted by atomic mass is 9.45. The molecular weight excluding hydrogens is 396 g/mol. The summed E-state index contributed by atoms with van der Waals surface area (Å²) in [6, 6.07) is 0. The van der Waals surface area contributed by atoms with E-state index < -0.39 is 23.5 Å². The van der Waals surface area contributed by atoms with Crippen LogP contribution < -0.4 is 0 Å². The van der Waals surface area contributed by atoms with Gasteiger partial charge in [0.1, 0.15) is 0 Å². The van der Waals surface area contributed by atoms with Crippen LogP contribution >= 0.6 is 0 Å². The Morgan fingerprint density at radius 1 is 1.23 bits per heavy atom. The molecule has 0 aliphatic heterocycles. The molecule has 0 bridgehead atoms. The predicted octanol–water partition coefficient (Wildman–Crippen LogP) is 4.38. The van der Waals surface area contributed by atoms with Gasteiger partial charge in [0.25, 0.3) is 0 Å². The van der Waals surface area contributed by atoms with Crippen LogP contribution in [-0.4, -0.2) is 37.5 Å². The first-order chi connectivity index (χ1) is 14.5. The zero-order chi connectivity index (χ0) is 23.2. The number of fused-ring (bicyclic) bond motifs is 1. The van der Waals surface area contributed by atoms with Gasteiger partial charge in [-0.15, -0.1) is 0 Å². The highest BCUT2D eigenvalue weighted by atomic mass is 16.6. The number of methoxy groups -OCH3 is 2. The van der Waals surface area contributed by atoms with Crippen LogP contribution in [0.2, 0.25) is 0 Å².